The molecule has 0 bridgehead atoms. The van der Waals surface area contributed by atoms with E-state index in [0.29, 0.717) is 17.1 Å². The summed E-state index contributed by atoms with van der Waals surface area (Å²) in [5.41, 5.74) is 0.0133. The highest BCUT2D eigenvalue weighted by Gasteiger charge is 2.30. The minimum atomic E-state index is -4.47. The van der Waals surface area contributed by atoms with Gasteiger partial charge in [-0.2, -0.15) is 23.5 Å². The van der Waals surface area contributed by atoms with Crippen molar-refractivity contribution >= 4 is 11.6 Å². The number of hydrogen-bond acceptors (Lipinski definition) is 6. The van der Waals surface area contributed by atoms with Crippen LogP contribution in [0, 0.1) is 18.3 Å². The van der Waals surface area contributed by atoms with E-state index in [0.717, 1.165) is 23.9 Å². The van der Waals surface area contributed by atoms with Gasteiger partial charge < -0.3 is 10.4 Å². The third-order valence-electron chi connectivity index (χ3n) is 4.20. The van der Waals surface area contributed by atoms with Crippen molar-refractivity contribution in [3.05, 3.63) is 54.0 Å². The van der Waals surface area contributed by atoms with Crippen molar-refractivity contribution in [2.24, 2.45) is 0 Å². The SMILES string of the molecule is Cc1cc(Nc2cc(C(F)(F)F)ccn2)nc(-c2cnn(CC(C)(O)CC#N)c2)c1. The average molecular weight is 416 g/mol. The van der Waals surface area contributed by atoms with Crippen molar-refractivity contribution in [2.45, 2.75) is 38.6 Å². The molecule has 7 nitrogen and oxygen atoms in total. The first-order valence-corrected chi connectivity index (χ1v) is 8.97. The molecule has 0 spiro atoms. The Kier molecular flexibility index (Phi) is 5.75. The molecule has 0 aliphatic rings. The van der Waals surface area contributed by atoms with E-state index in [2.05, 4.69) is 20.4 Å². The summed E-state index contributed by atoms with van der Waals surface area (Å²) in [7, 11) is 0. The molecule has 10 heteroatoms. The van der Waals surface area contributed by atoms with Gasteiger partial charge in [0.15, 0.2) is 0 Å². The Hall–Kier alpha value is -3.45. The van der Waals surface area contributed by atoms with E-state index in [1.807, 2.05) is 13.0 Å². The molecular weight excluding hydrogens is 397 g/mol. The molecule has 0 amide bonds. The molecule has 156 valence electrons. The van der Waals surface area contributed by atoms with Crippen LogP contribution in [0.25, 0.3) is 11.3 Å². The number of aryl methyl sites for hydroxylation is 1. The number of pyridine rings is 2. The molecular formula is C20H19F3N6O. The second-order valence-electron chi connectivity index (χ2n) is 7.23. The zero-order valence-corrected chi connectivity index (χ0v) is 16.3. The van der Waals surface area contributed by atoms with Crippen molar-refractivity contribution in [2.75, 3.05) is 5.32 Å². The highest BCUT2D eigenvalue weighted by atomic mass is 19.4. The number of rotatable bonds is 6. The molecule has 0 fully saturated rings. The number of nitrogens with zero attached hydrogens (tertiary/aromatic N) is 5. The Morgan fingerprint density at radius 1 is 1.23 bits per heavy atom. The van der Waals surface area contributed by atoms with Crippen molar-refractivity contribution in [3.63, 3.8) is 0 Å². The summed E-state index contributed by atoms with van der Waals surface area (Å²) in [6, 6.07) is 7.24. The van der Waals surface area contributed by atoms with E-state index in [-0.39, 0.29) is 18.8 Å². The molecule has 0 aliphatic carbocycles. The second-order valence-corrected chi connectivity index (χ2v) is 7.23. The quantitative estimate of drug-likeness (QED) is 0.628. The number of aliphatic hydroxyl groups is 1. The van der Waals surface area contributed by atoms with Crippen LogP contribution < -0.4 is 5.32 Å². The maximum Gasteiger partial charge on any atom is 0.416 e. The second kappa shape index (κ2) is 8.12. The highest BCUT2D eigenvalue weighted by molar-refractivity contribution is 5.63. The van der Waals surface area contributed by atoms with Crippen LogP contribution in [-0.4, -0.2) is 30.5 Å². The first-order valence-electron chi connectivity index (χ1n) is 8.97. The fraction of sp³-hybridized carbons (Fsp3) is 0.300. The van der Waals surface area contributed by atoms with Crippen LogP contribution in [0.3, 0.4) is 0 Å². The summed E-state index contributed by atoms with van der Waals surface area (Å²) in [6.07, 6.45) is -0.176. The Labute approximate surface area is 170 Å². The molecule has 0 radical (unpaired) electrons. The van der Waals surface area contributed by atoms with E-state index in [9.17, 15) is 18.3 Å². The van der Waals surface area contributed by atoms with Crippen molar-refractivity contribution in [1.82, 2.24) is 19.7 Å². The average Bonchev–Trinajstić information content (AvgIpc) is 3.08. The molecule has 3 aromatic heterocycles. The molecule has 0 aromatic carbocycles. The first-order chi connectivity index (χ1) is 14.1. The summed E-state index contributed by atoms with van der Waals surface area (Å²) in [4.78, 5) is 8.36. The molecule has 3 aromatic rings. The number of anilines is 2. The normalized spacial score (nSPS) is 13.5. The summed E-state index contributed by atoms with van der Waals surface area (Å²) in [6.45, 7) is 3.51. The lowest BCUT2D eigenvalue weighted by Crippen LogP contribution is -2.30. The van der Waals surface area contributed by atoms with Gasteiger partial charge in [0.05, 0.1) is 42.1 Å². The number of aromatic nitrogens is 4. The molecule has 2 N–H and O–H groups in total. The van der Waals surface area contributed by atoms with Gasteiger partial charge in [0.25, 0.3) is 0 Å². The van der Waals surface area contributed by atoms with Crippen LogP contribution in [0.2, 0.25) is 0 Å². The summed E-state index contributed by atoms with van der Waals surface area (Å²) >= 11 is 0. The standard InChI is InChI=1S/C20H19F3N6O/c1-13-7-16(14-10-26-29(11-14)12-19(2,30)4-5-24)27-18(8-13)28-17-9-15(3-6-25-17)20(21,22)23/h3,6-11,30H,4,12H2,1-2H3,(H,25,27,28). The van der Waals surface area contributed by atoms with Gasteiger partial charge in [-0.25, -0.2) is 9.97 Å². The number of hydrogen-bond donors (Lipinski definition) is 2. The molecule has 0 aliphatic heterocycles. The van der Waals surface area contributed by atoms with Gasteiger partial charge in [-0.05, 0) is 43.7 Å². The molecule has 30 heavy (non-hydrogen) atoms. The Bertz CT molecular complexity index is 1080. The van der Waals surface area contributed by atoms with Gasteiger partial charge in [-0.15, -0.1) is 0 Å². The van der Waals surface area contributed by atoms with Gasteiger partial charge in [-0.1, -0.05) is 0 Å². The smallest absolute Gasteiger partial charge is 0.387 e. The van der Waals surface area contributed by atoms with E-state index < -0.39 is 17.3 Å². The number of nitrogens with one attached hydrogen (secondary N) is 1. The minimum Gasteiger partial charge on any atom is -0.387 e. The maximum atomic E-state index is 12.9. The number of halogens is 3. The number of alkyl halides is 3. The van der Waals surface area contributed by atoms with Crippen molar-refractivity contribution in [1.29, 1.82) is 5.26 Å². The van der Waals surface area contributed by atoms with Crippen LogP contribution in [0.5, 0.6) is 0 Å². The summed E-state index contributed by atoms with van der Waals surface area (Å²) < 4.78 is 40.2. The molecule has 3 heterocycles. The predicted octanol–water partition coefficient (Wildman–Crippen LogP) is 4.08. The molecule has 0 saturated carbocycles. The van der Waals surface area contributed by atoms with Gasteiger partial charge >= 0.3 is 6.18 Å². The zero-order chi connectivity index (χ0) is 21.9. The monoisotopic (exact) mass is 416 g/mol. The summed E-state index contributed by atoms with van der Waals surface area (Å²) in [5, 5.41) is 26.0. The summed E-state index contributed by atoms with van der Waals surface area (Å²) in [5.74, 6) is 0.359. The van der Waals surface area contributed by atoms with E-state index >= 15 is 0 Å². The lowest BCUT2D eigenvalue weighted by atomic mass is 10.0. The van der Waals surface area contributed by atoms with Crippen LogP contribution in [0.1, 0.15) is 24.5 Å². The lowest BCUT2D eigenvalue weighted by Gasteiger charge is -2.19. The van der Waals surface area contributed by atoms with Gasteiger partial charge in [-0.3, -0.25) is 4.68 Å². The predicted molar refractivity (Wildman–Crippen MR) is 104 cm³/mol. The molecule has 0 saturated heterocycles. The van der Waals surface area contributed by atoms with Gasteiger partial charge in [0.2, 0.25) is 0 Å². The largest absolute Gasteiger partial charge is 0.416 e. The third kappa shape index (κ3) is 5.33. The number of nitriles is 1. The minimum absolute atomic E-state index is 0.0251. The van der Waals surface area contributed by atoms with Crippen LogP contribution in [-0.2, 0) is 12.7 Å². The van der Waals surface area contributed by atoms with E-state index in [1.165, 1.54) is 4.68 Å². The fourth-order valence-corrected chi connectivity index (χ4v) is 2.84. The van der Waals surface area contributed by atoms with Crippen molar-refractivity contribution in [3.8, 4) is 17.3 Å². The maximum absolute atomic E-state index is 12.9. The Morgan fingerprint density at radius 2 is 2.00 bits per heavy atom. The molecule has 3 rings (SSSR count). The lowest BCUT2D eigenvalue weighted by molar-refractivity contribution is -0.137. The van der Waals surface area contributed by atoms with E-state index in [4.69, 9.17) is 5.26 Å². The van der Waals surface area contributed by atoms with Crippen molar-refractivity contribution < 1.29 is 18.3 Å². The zero-order valence-electron chi connectivity index (χ0n) is 16.3. The van der Waals surface area contributed by atoms with Crippen LogP contribution in [0.15, 0.2) is 42.9 Å². The molecule has 1 atom stereocenters. The van der Waals surface area contributed by atoms with E-state index in [1.54, 1.807) is 31.5 Å². The fourth-order valence-electron chi connectivity index (χ4n) is 2.84. The molecule has 1 unspecified atom stereocenters. The van der Waals surface area contributed by atoms with Gasteiger partial charge in [0, 0.05) is 18.0 Å². The first kappa shape index (κ1) is 21.3. The Balaban J connectivity index is 1.84. The highest BCUT2D eigenvalue weighted by Crippen LogP contribution is 2.31. The van der Waals surface area contributed by atoms with Gasteiger partial charge in [0.1, 0.15) is 11.6 Å². The Morgan fingerprint density at radius 3 is 2.70 bits per heavy atom. The third-order valence-corrected chi connectivity index (χ3v) is 4.20. The topological polar surface area (TPSA) is 99.7 Å². The van der Waals surface area contributed by atoms with Crippen LogP contribution in [0.4, 0.5) is 24.8 Å². The van der Waals surface area contributed by atoms with Crippen LogP contribution >= 0.6 is 0 Å².